The molecule has 1 aliphatic carbocycles. The highest BCUT2D eigenvalue weighted by molar-refractivity contribution is 6.06. The summed E-state index contributed by atoms with van der Waals surface area (Å²) in [5.41, 5.74) is 3.78. The van der Waals surface area contributed by atoms with E-state index >= 15 is 0 Å². The summed E-state index contributed by atoms with van der Waals surface area (Å²) >= 11 is 0. The van der Waals surface area contributed by atoms with E-state index in [2.05, 4.69) is 13.0 Å². The van der Waals surface area contributed by atoms with E-state index in [-0.39, 0.29) is 43.1 Å². The lowest BCUT2D eigenvalue weighted by Crippen LogP contribution is -2.40. The van der Waals surface area contributed by atoms with Crippen molar-refractivity contribution in [3.05, 3.63) is 58.7 Å². The number of carbonyl (C=O) groups is 3. The summed E-state index contributed by atoms with van der Waals surface area (Å²) in [5, 5.41) is 43.1. The van der Waals surface area contributed by atoms with Crippen molar-refractivity contribution in [2.45, 2.75) is 78.2 Å². The number of hydrogen-bond donors (Lipinski definition) is 4. The van der Waals surface area contributed by atoms with E-state index in [0.717, 1.165) is 33.9 Å². The molecule has 0 saturated carbocycles. The fourth-order valence-corrected chi connectivity index (χ4v) is 6.93. The Kier molecular flexibility index (Phi) is 10.8. The Morgan fingerprint density at radius 3 is 2.40 bits per heavy atom. The number of phenols is 1. The third-order valence-corrected chi connectivity index (χ3v) is 9.22. The lowest BCUT2D eigenvalue weighted by molar-refractivity contribution is -0.141. The number of allylic oxidation sites excluding steroid dienone is 2. The number of imide groups is 1. The number of aliphatic hydroxyl groups is 2. The zero-order valence-electron chi connectivity index (χ0n) is 25.5. The molecule has 2 amide bonds. The molecule has 1 heterocycles. The number of aliphatic hydroxyl groups excluding tert-OH is 2. The Morgan fingerprint density at radius 1 is 1.02 bits per heavy atom. The Morgan fingerprint density at radius 2 is 1.74 bits per heavy atom. The second-order valence-corrected chi connectivity index (χ2v) is 12.2. The molecule has 8 heteroatoms. The van der Waals surface area contributed by atoms with E-state index in [1.54, 1.807) is 6.07 Å². The van der Waals surface area contributed by atoms with E-state index in [9.17, 15) is 29.7 Å². The van der Waals surface area contributed by atoms with Gasteiger partial charge in [0.1, 0.15) is 5.75 Å². The van der Waals surface area contributed by atoms with E-state index in [1.807, 2.05) is 44.2 Å². The molecule has 1 fully saturated rings. The minimum Gasteiger partial charge on any atom is -0.507 e. The van der Waals surface area contributed by atoms with E-state index in [1.165, 1.54) is 4.90 Å². The highest BCUT2D eigenvalue weighted by Crippen LogP contribution is 2.48. The maximum atomic E-state index is 13.6. The maximum absolute atomic E-state index is 13.6. The maximum Gasteiger partial charge on any atom is 0.303 e. The van der Waals surface area contributed by atoms with Gasteiger partial charge in [-0.3, -0.25) is 19.3 Å². The Balaban J connectivity index is 1.53. The number of nitrogens with zero attached hydrogens (tertiary/aromatic N) is 1. The molecule has 4 rings (SSSR count). The van der Waals surface area contributed by atoms with Gasteiger partial charge in [0.15, 0.2) is 0 Å². The monoisotopic (exact) mass is 591 g/mol. The van der Waals surface area contributed by atoms with Gasteiger partial charge in [-0.1, -0.05) is 74.7 Å². The lowest BCUT2D eigenvalue weighted by atomic mass is 9.66. The van der Waals surface area contributed by atoms with Crippen LogP contribution in [-0.4, -0.2) is 62.4 Å². The van der Waals surface area contributed by atoms with Crippen LogP contribution in [0.1, 0.15) is 77.7 Å². The summed E-state index contributed by atoms with van der Waals surface area (Å²) in [5.74, 6) is -2.99. The van der Waals surface area contributed by atoms with Crippen molar-refractivity contribution < 1.29 is 34.8 Å². The third-order valence-electron chi connectivity index (χ3n) is 9.22. The van der Waals surface area contributed by atoms with E-state index < -0.39 is 29.8 Å². The number of unbranched alkanes of at least 4 members (excludes halogenated alkanes) is 2. The normalized spacial score (nSPS) is 21.7. The number of carbonyl (C=O) groups excluding carboxylic acids is 2. The average Bonchev–Trinajstić information content (AvgIpc) is 3.23. The third kappa shape index (κ3) is 7.02. The van der Waals surface area contributed by atoms with Gasteiger partial charge < -0.3 is 20.4 Å². The molecule has 0 aromatic heterocycles. The van der Waals surface area contributed by atoms with E-state index in [4.69, 9.17) is 5.11 Å². The first-order valence-corrected chi connectivity index (χ1v) is 15.6. The van der Waals surface area contributed by atoms with Gasteiger partial charge in [-0.05, 0) is 67.0 Å². The topological polar surface area (TPSA) is 135 Å². The molecule has 2 aliphatic rings. The highest BCUT2D eigenvalue weighted by atomic mass is 16.4. The molecule has 0 spiro atoms. The van der Waals surface area contributed by atoms with Crippen LogP contribution in [0.4, 0.5) is 0 Å². The van der Waals surface area contributed by atoms with Crippen LogP contribution in [0.5, 0.6) is 5.75 Å². The van der Waals surface area contributed by atoms with Crippen molar-refractivity contribution >= 4 is 34.6 Å². The zero-order valence-corrected chi connectivity index (χ0v) is 25.5. The number of phenolic OH excluding ortho intramolecular Hbond substituents is 1. The standard InChI is InChI=1S/C35H45NO7/c1-4-22(18-23-14-16-29(38)25-11-8-7-10-24(23)25)13-15-30(39)32-26(21(2)3)19-27-33(28(32)20-37)35(43)36(34(27)42)17-9-5-6-12-31(40)41/h7-8,10-11,14,16,18,21,27-28,30,33,37-39H,4-6,9,12-13,15,17,19-20H2,1-3H3,(H,40,41)/b22-18+/t27-,28+,30-,33-/m1/s1. The van der Waals surface area contributed by atoms with Gasteiger partial charge in [-0.25, -0.2) is 0 Å². The predicted molar refractivity (Wildman–Crippen MR) is 166 cm³/mol. The lowest BCUT2D eigenvalue weighted by Gasteiger charge is -2.38. The summed E-state index contributed by atoms with van der Waals surface area (Å²) in [4.78, 5) is 39.0. The predicted octanol–water partition coefficient (Wildman–Crippen LogP) is 5.69. The molecular formula is C35H45NO7. The second kappa shape index (κ2) is 14.3. The molecule has 8 nitrogen and oxygen atoms in total. The van der Waals surface area contributed by atoms with Gasteiger partial charge in [0, 0.05) is 24.3 Å². The number of rotatable bonds is 14. The summed E-state index contributed by atoms with van der Waals surface area (Å²) < 4.78 is 0. The van der Waals surface area contributed by atoms with Crippen LogP contribution < -0.4 is 0 Å². The smallest absolute Gasteiger partial charge is 0.303 e. The van der Waals surface area contributed by atoms with Crippen molar-refractivity contribution in [3.63, 3.8) is 0 Å². The fraction of sp³-hybridized carbons (Fsp3) is 0.514. The van der Waals surface area contributed by atoms with Crippen molar-refractivity contribution in [1.82, 2.24) is 4.90 Å². The summed E-state index contributed by atoms with van der Waals surface area (Å²) in [6, 6.07) is 11.3. The number of aromatic hydroxyl groups is 1. The number of carboxylic acids is 1. The van der Waals surface area contributed by atoms with Crippen LogP contribution in [0.15, 0.2) is 53.1 Å². The number of fused-ring (bicyclic) bond motifs is 2. The van der Waals surface area contributed by atoms with Crippen molar-refractivity contribution in [2.24, 2.45) is 23.7 Å². The number of aliphatic carboxylic acids is 1. The molecule has 0 radical (unpaired) electrons. The molecule has 4 atom stereocenters. The van der Waals surface area contributed by atoms with Gasteiger partial charge >= 0.3 is 5.97 Å². The number of carboxylic acid groups (broad SMARTS) is 1. The summed E-state index contributed by atoms with van der Waals surface area (Å²) in [6.45, 7) is 6.02. The molecule has 2 aromatic carbocycles. The van der Waals surface area contributed by atoms with Crippen LogP contribution in [0.3, 0.4) is 0 Å². The molecular weight excluding hydrogens is 546 g/mol. The quantitative estimate of drug-likeness (QED) is 0.126. The Labute approximate surface area is 253 Å². The number of hydrogen-bond acceptors (Lipinski definition) is 6. The fourth-order valence-electron chi connectivity index (χ4n) is 6.93. The van der Waals surface area contributed by atoms with Gasteiger partial charge in [0.2, 0.25) is 11.8 Å². The first-order valence-electron chi connectivity index (χ1n) is 15.6. The molecule has 232 valence electrons. The first kappa shape index (κ1) is 32.4. The van der Waals surface area contributed by atoms with Crippen LogP contribution in [0, 0.1) is 23.7 Å². The van der Waals surface area contributed by atoms with E-state index in [0.29, 0.717) is 44.1 Å². The van der Waals surface area contributed by atoms with Crippen LogP contribution >= 0.6 is 0 Å². The SMILES string of the molecule is CC/C(=C\c1ccc(O)c2ccccc12)CC[C@@H](O)C1=C(C(C)C)C[C@H]2C(=O)N(CCCCCC(=O)O)C(=O)[C@H]2[C@H]1CO. The van der Waals surface area contributed by atoms with Crippen LogP contribution in [0.25, 0.3) is 16.8 Å². The average molecular weight is 592 g/mol. The number of likely N-dealkylation sites (tertiary alicyclic amines) is 1. The first-order chi connectivity index (χ1) is 20.6. The largest absolute Gasteiger partial charge is 0.507 e. The van der Waals surface area contributed by atoms with Crippen LogP contribution in [-0.2, 0) is 14.4 Å². The Bertz CT molecular complexity index is 1410. The molecule has 43 heavy (non-hydrogen) atoms. The zero-order chi connectivity index (χ0) is 31.3. The number of benzene rings is 2. The van der Waals surface area contributed by atoms with Crippen molar-refractivity contribution in [3.8, 4) is 5.75 Å². The van der Waals surface area contributed by atoms with Gasteiger partial charge in [0.05, 0.1) is 24.5 Å². The van der Waals surface area contributed by atoms with Crippen molar-refractivity contribution in [2.75, 3.05) is 13.2 Å². The Hall–Kier alpha value is -3.49. The molecule has 0 unspecified atom stereocenters. The summed E-state index contributed by atoms with van der Waals surface area (Å²) in [6.07, 6.45) is 5.14. The summed E-state index contributed by atoms with van der Waals surface area (Å²) in [7, 11) is 0. The number of amides is 2. The van der Waals surface area contributed by atoms with Gasteiger partial charge in [0.25, 0.3) is 0 Å². The molecule has 0 bridgehead atoms. The van der Waals surface area contributed by atoms with Crippen molar-refractivity contribution in [1.29, 1.82) is 0 Å². The molecule has 4 N–H and O–H groups in total. The van der Waals surface area contributed by atoms with Gasteiger partial charge in [-0.15, -0.1) is 0 Å². The van der Waals surface area contributed by atoms with Gasteiger partial charge in [-0.2, -0.15) is 0 Å². The minimum atomic E-state index is -0.866. The molecule has 1 aliphatic heterocycles. The second-order valence-electron chi connectivity index (χ2n) is 12.2. The molecule has 2 aromatic rings. The highest BCUT2D eigenvalue weighted by Gasteiger charge is 2.54. The molecule has 1 saturated heterocycles. The minimum absolute atomic E-state index is 0.0390. The van der Waals surface area contributed by atoms with Crippen LogP contribution in [0.2, 0.25) is 0 Å².